The third kappa shape index (κ3) is 5.39. The smallest absolute Gasteiger partial charge is 0.348 e. The van der Waals surface area contributed by atoms with Crippen molar-refractivity contribution in [3.05, 3.63) is 69.2 Å². The number of carbonyl (C=O) groups is 1. The lowest BCUT2D eigenvalue weighted by Gasteiger charge is -2.11. The molecular weight excluding hydrogens is 366 g/mol. The lowest BCUT2D eigenvalue weighted by molar-refractivity contribution is -0.137. The van der Waals surface area contributed by atoms with Crippen LogP contribution in [0.5, 0.6) is 0 Å². The van der Waals surface area contributed by atoms with Gasteiger partial charge in [-0.2, -0.15) is 5.26 Å². The number of benzene rings is 2. The van der Waals surface area contributed by atoms with E-state index in [0.29, 0.717) is 0 Å². The Kier molecular flexibility index (Phi) is 7.32. The minimum absolute atomic E-state index is 0.0110. The van der Waals surface area contributed by atoms with Crippen molar-refractivity contribution in [3.63, 3.8) is 0 Å². The van der Waals surface area contributed by atoms with Gasteiger partial charge in [0, 0.05) is 15.7 Å². The van der Waals surface area contributed by atoms with Crippen molar-refractivity contribution >= 4 is 35.4 Å². The zero-order valence-corrected chi connectivity index (χ0v) is 16.6. The summed E-state index contributed by atoms with van der Waals surface area (Å²) in [6.07, 6.45) is 1.61. The number of aryl methyl sites for hydroxylation is 1. The van der Waals surface area contributed by atoms with Gasteiger partial charge in [-0.15, -0.1) is 11.8 Å². The fraction of sp³-hybridized carbons (Fsp3) is 0.238. The SMILES string of the molecule is CCOC(=O)C(C#N)=Cc1cc(C)cc(CSc2ccc(Cl)cc2)c1C. The Hall–Kier alpha value is -2.22. The molecule has 0 spiro atoms. The molecule has 0 saturated heterocycles. The summed E-state index contributed by atoms with van der Waals surface area (Å²) in [4.78, 5) is 13.0. The number of hydrogen-bond donors (Lipinski definition) is 0. The van der Waals surface area contributed by atoms with Crippen LogP contribution in [0.2, 0.25) is 5.02 Å². The summed E-state index contributed by atoms with van der Waals surface area (Å²) in [6, 6.07) is 13.8. The second-order valence-corrected chi connectivity index (χ2v) is 7.26. The Bertz CT molecular complexity index is 867. The maximum Gasteiger partial charge on any atom is 0.348 e. The molecular formula is C21H20ClNO2S. The summed E-state index contributed by atoms with van der Waals surface area (Å²) in [5.74, 6) is 0.199. The van der Waals surface area contributed by atoms with E-state index in [0.717, 1.165) is 37.9 Å². The van der Waals surface area contributed by atoms with Crippen LogP contribution in [-0.2, 0) is 15.3 Å². The molecule has 0 bridgehead atoms. The van der Waals surface area contributed by atoms with Crippen LogP contribution >= 0.6 is 23.4 Å². The molecule has 0 N–H and O–H groups in total. The Balaban J connectivity index is 2.28. The van der Waals surface area contributed by atoms with Crippen molar-refractivity contribution in [1.82, 2.24) is 0 Å². The van der Waals surface area contributed by atoms with Crippen LogP contribution in [0.1, 0.15) is 29.2 Å². The van der Waals surface area contributed by atoms with E-state index >= 15 is 0 Å². The molecule has 2 aromatic rings. The number of carbonyl (C=O) groups excluding carboxylic acids is 1. The van der Waals surface area contributed by atoms with Gasteiger partial charge in [-0.1, -0.05) is 29.3 Å². The molecule has 0 aliphatic carbocycles. The van der Waals surface area contributed by atoms with Crippen LogP contribution in [0.4, 0.5) is 0 Å². The third-order valence-corrected chi connectivity index (χ3v) is 5.14. The highest BCUT2D eigenvalue weighted by atomic mass is 35.5. The number of thioether (sulfide) groups is 1. The summed E-state index contributed by atoms with van der Waals surface area (Å²) in [5.41, 5.74) is 4.17. The fourth-order valence-corrected chi connectivity index (χ4v) is 3.53. The standard InChI is InChI=1S/C21H20ClNO2S/c1-4-25-21(24)17(12-23)11-16-9-14(2)10-18(15(16)3)13-26-20-7-5-19(22)6-8-20/h5-11H,4,13H2,1-3H3. The molecule has 134 valence electrons. The minimum Gasteiger partial charge on any atom is -0.462 e. The molecule has 0 radical (unpaired) electrons. The van der Waals surface area contributed by atoms with Crippen molar-refractivity contribution in [2.75, 3.05) is 6.61 Å². The first-order chi connectivity index (χ1) is 12.4. The van der Waals surface area contributed by atoms with Crippen LogP contribution in [0.25, 0.3) is 6.08 Å². The maximum atomic E-state index is 11.9. The number of ether oxygens (including phenoxy) is 1. The Morgan fingerprint density at radius 3 is 2.58 bits per heavy atom. The zero-order chi connectivity index (χ0) is 19.1. The molecule has 3 nitrogen and oxygen atoms in total. The number of hydrogen-bond acceptors (Lipinski definition) is 4. The summed E-state index contributed by atoms with van der Waals surface area (Å²) < 4.78 is 4.94. The number of rotatable bonds is 6. The molecule has 0 fully saturated rings. The van der Waals surface area contributed by atoms with E-state index < -0.39 is 5.97 Å². The molecule has 0 amide bonds. The predicted molar refractivity (Wildman–Crippen MR) is 107 cm³/mol. The Morgan fingerprint density at radius 1 is 1.27 bits per heavy atom. The number of nitriles is 1. The van der Waals surface area contributed by atoms with Gasteiger partial charge < -0.3 is 4.74 Å². The van der Waals surface area contributed by atoms with Crippen LogP contribution in [-0.4, -0.2) is 12.6 Å². The molecule has 0 atom stereocenters. The van der Waals surface area contributed by atoms with Crippen molar-refractivity contribution < 1.29 is 9.53 Å². The molecule has 5 heteroatoms. The molecule has 2 rings (SSSR count). The highest BCUT2D eigenvalue weighted by Crippen LogP contribution is 2.28. The van der Waals surface area contributed by atoms with E-state index in [1.165, 1.54) is 0 Å². The molecule has 26 heavy (non-hydrogen) atoms. The van der Waals surface area contributed by atoms with Gasteiger partial charge in [0.05, 0.1) is 6.61 Å². The number of esters is 1. The fourth-order valence-electron chi connectivity index (χ4n) is 2.46. The predicted octanol–water partition coefficient (Wildman–Crippen LogP) is 5.72. The molecule has 0 aliphatic rings. The first-order valence-corrected chi connectivity index (χ1v) is 9.58. The average molecular weight is 386 g/mol. The van der Waals surface area contributed by atoms with Gasteiger partial charge in [0.25, 0.3) is 0 Å². The van der Waals surface area contributed by atoms with Gasteiger partial charge in [-0.05, 0) is 67.8 Å². The molecule has 0 unspecified atom stereocenters. The number of halogens is 1. The summed E-state index contributed by atoms with van der Waals surface area (Å²) >= 11 is 7.64. The van der Waals surface area contributed by atoms with Crippen molar-refractivity contribution in [2.24, 2.45) is 0 Å². The summed E-state index contributed by atoms with van der Waals surface area (Å²) in [5, 5.41) is 9.97. The first kappa shape index (κ1) is 20.1. The van der Waals surface area contributed by atoms with Gasteiger partial charge in [-0.25, -0.2) is 4.79 Å². The van der Waals surface area contributed by atoms with Gasteiger partial charge in [-0.3, -0.25) is 0 Å². The van der Waals surface area contributed by atoms with Crippen molar-refractivity contribution in [3.8, 4) is 6.07 Å². The summed E-state index contributed by atoms with van der Waals surface area (Å²) in [6.45, 7) is 5.97. The van der Waals surface area contributed by atoms with Crippen LogP contribution in [0, 0.1) is 25.2 Å². The Morgan fingerprint density at radius 2 is 1.96 bits per heavy atom. The van der Waals surface area contributed by atoms with Gasteiger partial charge >= 0.3 is 5.97 Å². The largest absolute Gasteiger partial charge is 0.462 e. The molecule has 2 aromatic carbocycles. The van der Waals surface area contributed by atoms with E-state index in [1.807, 2.05) is 50.2 Å². The van der Waals surface area contributed by atoms with Crippen molar-refractivity contribution in [1.29, 1.82) is 5.26 Å². The molecule has 0 aliphatic heterocycles. The lowest BCUT2D eigenvalue weighted by Crippen LogP contribution is -2.06. The van der Waals surface area contributed by atoms with Gasteiger partial charge in [0.15, 0.2) is 0 Å². The van der Waals surface area contributed by atoms with E-state index in [1.54, 1.807) is 24.8 Å². The van der Waals surface area contributed by atoms with Gasteiger partial charge in [0.1, 0.15) is 11.6 Å². The molecule has 0 saturated carbocycles. The minimum atomic E-state index is -0.590. The molecule has 0 heterocycles. The van der Waals surface area contributed by atoms with Crippen LogP contribution < -0.4 is 0 Å². The van der Waals surface area contributed by atoms with E-state index in [4.69, 9.17) is 16.3 Å². The Labute approximate surface area is 163 Å². The highest BCUT2D eigenvalue weighted by molar-refractivity contribution is 7.98. The van der Waals surface area contributed by atoms with Crippen LogP contribution in [0.3, 0.4) is 0 Å². The second kappa shape index (κ2) is 9.47. The first-order valence-electron chi connectivity index (χ1n) is 8.22. The molecule has 0 aromatic heterocycles. The van der Waals surface area contributed by atoms with Gasteiger partial charge in [0.2, 0.25) is 0 Å². The van der Waals surface area contributed by atoms with E-state index in [9.17, 15) is 10.1 Å². The lowest BCUT2D eigenvalue weighted by atomic mass is 9.98. The topological polar surface area (TPSA) is 50.1 Å². The average Bonchev–Trinajstić information content (AvgIpc) is 2.62. The third-order valence-electron chi connectivity index (χ3n) is 3.82. The highest BCUT2D eigenvalue weighted by Gasteiger charge is 2.12. The maximum absolute atomic E-state index is 11.9. The summed E-state index contributed by atoms with van der Waals surface area (Å²) in [7, 11) is 0. The van der Waals surface area contributed by atoms with E-state index in [-0.39, 0.29) is 12.2 Å². The normalized spacial score (nSPS) is 11.1. The zero-order valence-electron chi connectivity index (χ0n) is 15.0. The van der Waals surface area contributed by atoms with Crippen LogP contribution in [0.15, 0.2) is 46.9 Å². The number of nitrogens with zero attached hydrogens (tertiary/aromatic N) is 1. The quantitative estimate of drug-likeness (QED) is 0.276. The second-order valence-electron chi connectivity index (χ2n) is 5.77. The van der Waals surface area contributed by atoms with E-state index in [2.05, 4.69) is 6.07 Å². The monoisotopic (exact) mass is 385 g/mol. The van der Waals surface area contributed by atoms with Crippen molar-refractivity contribution in [2.45, 2.75) is 31.4 Å².